The van der Waals surface area contributed by atoms with Crippen molar-refractivity contribution in [2.75, 3.05) is 5.32 Å². The van der Waals surface area contributed by atoms with Crippen molar-refractivity contribution < 1.29 is 18.7 Å². The number of hydrogen-bond donors (Lipinski definition) is 1. The van der Waals surface area contributed by atoms with Crippen LogP contribution in [0.3, 0.4) is 0 Å². The number of benzene rings is 1. The molecule has 0 aliphatic rings. The van der Waals surface area contributed by atoms with Gasteiger partial charge in [0.15, 0.2) is 6.10 Å². The number of carbonyl (C=O) groups excluding carboxylic acids is 2. The summed E-state index contributed by atoms with van der Waals surface area (Å²) >= 11 is 0. The number of hydrogen-bond acceptors (Lipinski definition) is 4. The van der Waals surface area contributed by atoms with E-state index in [4.69, 9.17) is 4.74 Å². The predicted molar refractivity (Wildman–Crippen MR) is 86.0 cm³/mol. The summed E-state index contributed by atoms with van der Waals surface area (Å²) in [4.78, 5) is 35.3. The molecule has 2 aromatic rings. The Labute approximate surface area is 137 Å². The van der Waals surface area contributed by atoms with Crippen molar-refractivity contribution in [1.29, 1.82) is 0 Å². The van der Waals surface area contributed by atoms with Gasteiger partial charge in [-0.25, -0.2) is 4.39 Å². The molecule has 1 aromatic heterocycles. The van der Waals surface area contributed by atoms with Crippen LogP contribution in [0.15, 0.2) is 47.4 Å². The Morgan fingerprint density at radius 2 is 2.04 bits per heavy atom. The van der Waals surface area contributed by atoms with E-state index in [1.54, 1.807) is 25.1 Å². The molecule has 0 radical (unpaired) electrons. The number of aryl methyl sites for hydroxylation is 1. The predicted octanol–water partition coefficient (Wildman–Crippen LogP) is 1.87. The first kappa shape index (κ1) is 17.4. The zero-order chi connectivity index (χ0) is 17.7. The van der Waals surface area contributed by atoms with Gasteiger partial charge in [-0.2, -0.15) is 0 Å². The number of anilines is 1. The molecule has 1 aromatic carbocycles. The van der Waals surface area contributed by atoms with Crippen LogP contribution in [0.1, 0.15) is 12.5 Å². The van der Waals surface area contributed by atoms with Gasteiger partial charge in [0, 0.05) is 18.0 Å². The van der Waals surface area contributed by atoms with E-state index in [1.807, 2.05) is 0 Å². The summed E-state index contributed by atoms with van der Waals surface area (Å²) in [6, 6.07) is 8.75. The SMILES string of the molecule is Cc1ccc(NC(=O)[C@H](C)OC(=O)Cn2ccccc2=O)cc1F. The number of halogens is 1. The summed E-state index contributed by atoms with van der Waals surface area (Å²) in [6.45, 7) is 2.71. The lowest BCUT2D eigenvalue weighted by Gasteiger charge is -2.14. The lowest BCUT2D eigenvalue weighted by molar-refractivity contribution is -0.153. The largest absolute Gasteiger partial charge is 0.451 e. The van der Waals surface area contributed by atoms with Gasteiger partial charge in [0.2, 0.25) is 0 Å². The summed E-state index contributed by atoms with van der Waals surface area (Å²) in [5, 5.41) is 2.47. The zero-order valence-corrected chi connectivity index (χ0v) is 13.3. The van der Waals surface area contributed by atoms with Gasteiger partial charge >= 0.3 is 5.97 Å². The molecule has 1 atom stereocenters. The van der Waals surface area contributed by atoms with Crippen molar-refractivity contribution in [2.24, 2.45) is 0 Å². The van der Waals surface area contributed by atoms with Crippen molar-refractivity contribution in [3.05, 3.63) is 64.3 Å². The Bertz CT molecular complexity index is 816. The Morgan fingerprint density at radius 1 is 1.29 bits per heavy atom. The van der Waals surface area contributed by atoms with Gasteiger partial charge in [-0.3, -0.25) is 14.4 Å². The highest BCUT2D eigenvalue weighted by Crippen LogP contribution is 2.14. The van der Waals surface area contributed by atoms with Crippen LogP contribution < -0.4 is 10.9 Å². The monoisotopic (exact) mass is 332 g/mol. The van der Waals surface area contributed by atoms with E-state index < -0.39 is 23.8 Å². The lowest BCUT2D eigenvalue weighted by atomic mass is 10.2. The molecule has 2 rings (SSSR count). The first-order chi connectivity index (χ1) is 11.4. The maximum atomic E-state index is 13.5. The number of nitrogens with one attached hydrogen (secondary N) is 1. The van der Waals surface area contributed by atoms with Crippen LogP contribution in [0.4, 0.5) is 10.1 Å². The molecule has 1 heterocycles. The maximum Gasteiger partial charge on any atom is 0.326 e. The number of rotatable bonds is 5. The fraction of sp³-hybridized carbons (Fsp3) is 0.235. The highest BCUT2D eigenvalue weighted by molar-refractivity contribution is 5.95. The van der Waals surface area contributed by atoms with E-state index in [1.165, 1.54) is 35.9 Å². The van der Waals surface area contributed by atoms with Crippen LogP contribution in [0.2, 0.25) is 0 Å². The average molecular weight is 332 g/mol. The molecule has 24 heavy (non-hydrogen) atoms. The molecule has 0 saturated carbocycles. The van der Waals surface area contributed by atoms with Crippen molar-refractivity contribution in [3.63, 3.8) is 0 Å². The molecule has 0 bridgehead atoms. The zero-order valence-electron chi connectivity index (χ0n) is 13.3. The summed E-state index contributed by atoms with van der Waals surface area (Å²) < 4.78 is 19.6. The highest BCUT2D eigenvalue weighted by Gasteiger charge is 2.18. The van der Waals surface area contributed by atoms with Gasteiger partial charge in [0.05, 0.1) is 0 Å². The quantitative estimate of drug-likeness (QED) is 0.848. The standard InChI is InChI=1S/C17H17FN2O4/c1-11-6-7-13(9-14(11)18)19-17(23)12(2)24-16(22)10-20-8-4-3-5-15(20)21/h3-9,12H,10H2,1-2H3,(H,19,23)/t12-/m0/s1. The Hall–Kier alpha value is -2.96. The topological polar surface area (TPSA) is 77.4 Å². The van der Waals surface area contributed by atoms with Gasteiger partial charge < -0.3 is 14.6 Å². The number of amides is 1. The van der Waals surface area contributed by atoms with E-state index in [2.05, 4.69) is 5.32 Å². The molecular formula is C17H17FN2O4. The highest BCUT2D eigenvalue weighted by atomic mass is 19.1. The van der Waals surface area contributed by atoms with Crippen LogP contribution >= 0.6 is 0 Å². The molecule has 7 heteroatoms. The van der Waals surface area contributed by atoms with Gasteiger partial charge in [-0.15, -0.1) is 0 Å². The molecule has 0 spiro atoms. The fourth-order valence-corrected chi connectivity index (χ4v) is 1.93. The van der Waals surface area contributed by atoms with Crippen LogP contribution in [-0.2, 0) is 20.9 Å². The third kappa shape index (κ3) is 4.52. The number of pyridine rings is 1. The third-order valence-corrected chi connectivity index (χ3v) is 3.32. The molecule has 126 valence electrons. The van der Waals surface area contributed by atoms with Gasteiger partial charge in [-0.1, -0.05) is 12.1 Å². The normalized spacial score (nSPS) is 11.6. The first-order valence-corrected chi connectivity index (χ1v) is 7.29. The minimum Gasteiger partial charge on any atom is -0.451 e. The second-order valence-electron chi connectivity index (χ2n) is 5.25. The summed E-state index contributed by atoms with van der Waals surface area (Å²) in [7, 11) is 0. The number of aromatic nitrogens is 1. The second-order valence-corrected chi connectivity index (χ2v) is 5.25. The van der Waals surface area contributed by atoms with Gasteiger partial charge in [-0.05, 0) is 37.6 Å². The number of esters is 1. The lowest BCUT2D eigenvalue weighted by Crippen LogP contribution is -2.32. The Balaban J connectivity index is 1.93. The van der Waals surface area contributed by atoms with Crippen molar-refractivity contribution in [3.8, 4) is 0 Å². The van der Waals surface area contributed by atoms with Crippen LogP contribution in [0, 0.1) is 12.7 Å². The van der Waals surface area contributed by atoms with Crippen LogP contribution in [-0.4, -0.2) is 22.5 Å². The molecule has 6 nitrogen and oxygen atoms in total. The molecule has 0 aliphatic carbocycles. The Kier molecular flexibility index (Phi) is 5.47. The van der Waals surface area contributed by atoms with E-state index in [0.29, 0.717) is 5.56 Å². The molecule has 1 amide bonds. The molecular weight excluding hydrogens is 315 g/mol. The number of nitrogens with zero attached hydrogens (tertiary/aromatic N) is 1. The van der Waals surface area contributed by atoms with Crippen molar-refractivity contribution in [1.82, 2.24) is 4.57 Å². The molecule has 0 fully saturated rings. The van der Waals surface area contributed by atoms with Crippen LogP contribution in [0.25, 0.3) is 0 Å². The van der Waals surface area contributed by atoms with E-state index in [-0.39, 0.29) is 17.8 Å². The smallest absolute Gasteiger partial charge is 0.326 e. The molecule has 0 saturated heterocycles. The summed E-state index contributed by atoms with van der Waals surface area (Å²) in [5.41, 5.74) is 0.382. The average Bonchev–Trinajstić information content (AvgIpc) is 2.53. The summed E-state index contributed by atoms with van der Waals surface area (Å²) in [5.74, 6) is -1.76. The van der Waals surface area contributed by atoms with E-state index in [0.717, 1.165) is 0 Å². The third-order valence-electron chi connectivity index (χ3n) is 3.32. The van der Waals surface area contributed by atoms with E-state index >= 15 is 0 Å². The van der Waals surface area contributed by atoms with E-state index in [9.17, 15) is 18.8 Å². The van der Waals surface area contributed by atoms with Gasteiger partial charge in [0.1, 0.15) is 12.4 Å². The fourth-order valence-electron chi connectivity index (χ4n) is 1.93. The molecule has 1 N–H and O–H groups in total. The Morgan fingerprint density at radius 3 is 2.71 bits per heavy atom. The minimum absolute atomic E-state index is 0.269. The number of carbonyl (C=O) groups is 2. The van der Waals surface area contributed by atoms with Gasteiger partial charge in [0.25, 0.3) is 11.5 Å². The molecule has 0 aliphatic heterocycles. The number of ether oxygens (including phenoxy) is 1. The maximum absolute atomic E-state index is 13.5. The minimum atomic E-state index is -1.08. The second kappa shape index (κ2) is 7.54. The van der Waals surface area contributed by atoms with Crippen LogP contribution in [0.5, 0.6) is 0 Å². The first-order valence-electron chi connectivity index (χ1n) is 7.29. The molecule has 0 unspecified atom stereocenters. The van der Waals surface area contributed by atoms with Crippen molar-refractivity contribution in [2.45, 2.75) is 26.5 Å². The van der Waals surface area contributed by atoms with Crippen molar-refractivity contribution >= 4 is 17.6 Å². The summed E-state index contributed by atoms with van der Waals surface area (Å²) in [6.07, 6.45) is 0.366.